The first-order valence-corrected chi connectivity index (χ1v) is 6.18. The largest absolute Gasteiger partial charge is 0.396 e. The second kappa shape index (κ2) is 5.14. The van der Waals surface area contributed by atoms with Crippen molar-refractivity contribution in [1.29, 1.82) is 0 Å². The van der Waals surface area contributed by atoms with Crippen LogP contribution in [0.5, 0.6) is 0 Å². The highest BCUT2D eigenvalue weighted by Gasteiger charge is 2.20. The molecule has 100 valence electrons. The Morgan fingerprint density at radius 2 is 1.95 bits per heavy atom. The minimum Gasteiger partial charge on any atom is -0.396 e. The van der Waals surface area contributed by atoms with Crippen molar-refractivity contribution >= 4 is 17.3 Å². The zero-order valence-corrected chi connectivity index (χ0v) is 11.4. The van der Waals surface area contributed by atoms with Crippen LogP contribution in [-0.2, 0) is 0 Å². The third-order valence-corrected chi connectivity index (χ3v) is 2.94. The summed E-state index contributed by atoms with van der Waals surface area (Å²) in [5.41, 5.74) is 7.37. The Labute approximate surface area is 112 Å². The van der Waals surface area contributed by atoms with Gasteiger partial charge in [-0.25, -0.2) is 0 Å². The van der Waals surface area contributed by atoms with Crippen LogP contribution in [0, 0.1) is 0 Å². The summed E-state index contributed by atoms with van der Waals surface area (Å²) in [7, 11) is 1.71. The first-order chi connectivity index (χ1) is 9.00. The number of hydrogen-bond donors (Lipinski definition) is 1. The fourth-order valence-electron chi connectivity index (χ4n) is 1.76. The average Bonchev–Trinajstić information content (AvgIpc) is 2.80. The highest BCUT2D eigenvalue weighted by molar-refractivity contribution is 6.07. The van der Waals surface area contributed by atoms with E-state index in [1.807, 2.05) is 44.2 Å². The Bertz CT molecular complexity index is 574. The van der Waals surface area contributed by atoms with Crippen molar-refractivity contribution in [2.24, 2.45) is 0 Å². The summed E-state index contributed by atoms with van der Waals surface area (Å²) in [6, 6.07) is 9.58. The maximum absolute atomic E-state index is 12.4. The zero-order chi connectivity index (χ0) is 14.0. The molecule has 1 heterocycles. The van der Waals surface area contributed by atoms with Crippen LogP contribution < -0.4 is 10.6 Å². The van der Waals surface area contributed by atoms with Gasteiger partial charge in [-0.3, -0.25) is 9.48 Å². The van der Waals surface area contributed by atoms with Gasteiger partial charge in [0.25, 0.3) is 5.91 Å². The fourth-order valence-corrected chi connectivity index (χ4v) is 1.76. The van der Waals surface area contributed by atoms with E-state index >= 15 is 0 Å². The molecule has 0 radical (unpaired) electrons. The first-order valence-electron chi connectivity index (χ1n) is 6.18. The summed E-state index contributed by atoms with van der Waals surface area (Å²) in [4.78, 5) is 13.9. The van der Waals surface area contributed by atoms with Crippen molar-refractivity contribution in [3.63, 3.8) is 0 Å². The molecule has 0 saturated carbocycles. The third kappa shape index (κ3) is 2.59. The summed E-state index contributed by atoms with van der Waals surface area (Å²) in [6.07, 6.45) is 1.69. The molecule has 0 aliphatic rings. The highest BCUT2D eigenvalue weighted by atomic mass is 16.2. The molecule has 1 amide bonds. The Kier molecular flexibility index (Phi) is 3.55. The van der Waals surface area contributed by atoms with Crippen LogP contribution in [0.25, 0.3) is 0 Å². The highest BCUT2D eigenvalue weighted by Crippen LogP contribution is 2.18. The maximum Gasteiger partial charge on any atom is 0.280 e. The quantitative estimate of drug-likeness (QED) is 0.919. The van der Waals surface area contributed by atoms with E-state index in [0.29, 0.717) is 11.4 Å². The fraction of sp³-hybridized carbons (Fsp3) is 0.286. The lowest BCUT2D eigenvalue weighted by atomic mass is 10.2. The summed E-state index contributed by atoms with van der Waals surface area (Å²) in [5, 5.41) is 4.26. The van der Waals surface area contributed by atoms with Gasteiger partial charge in [0, 0.05) is 25.0 Å². The summed E-state index contributed by atoms with van der Waals surface area (Å²) in [5.74, 6) is -0.205. The molecular weight excluding hydrogens is 240 g/mol. The number of benzene rings is 1. The van der Waals surface area contributed by atoms with Crippen molar-refractivity contribution < 1.29 is 4.79 Å². The van der Waals surface area contributed by atoms with Crippen LogP contribution in [0.3, 0.4) is 0 Å². The predicted octanol–water partition coefficient (Wildman–Crippen LogP) is 2.32. The Morgan fingerprint density at radius 1 is 1.32 bits per heavy atom. The molecule has 0 saturated heterocycles. The summed E-state index contributed by atoms with van der Waals surface area (Å²) in [6.45, 7) is 3.98. The van der Waals surface area contributed by atoms with E-state index in [2.05, 4.69) is 5.10 Å². The van der Waals surface area contributed by atoms with Gasteiger partial charge in [-0.15, -0.1) is 0 Å². The Morgan fingerprint density at radius 3 is 2.47 bits per heavy atom. The van der Waals surface area contributed by atoms with Gasteiger partial charge < -0.3 is 10.6 Å². The minimum atomic E-state index is -0.205. The number of nitrogens with two attached hydrogens (primary N) is 1. The maximum atomic E-state index is 12.4. The summed E-state index contributed by atoms with van der Waals surface area (Å²) < 4.78 is 1.70. The molecule has 1 aromatic carbocycles. The van der Waals surface area contributed by atoms with E-state index < -0.39 is 0 Å². The second-order valence-corrected chi connectivity index (χ2v) is 4.71. The van der Waals surface area contributed by atoms with Gasteiger partial charge in [0.1, 0.15) is 0 Å². The van der Waals surface area contributed by atoms with E-state index in [1.54, 1.807) is 22.8 Å². The van der Waals surface area contributed by atoms with Gasteiger partial charge in [0.15, 0.2) is 5.69 Å². The van der Waals surface area contributed by atoms with Crippen LogP contribution >= 0.6 is 0 Å². The molecule has 19 heavy (non-hydrogen) atoms. The number of nitrogen functional groups attached to an aromatic ring is 1. The number of hydrogen-bond acceptors (Lipinski definition) is 3. The van der Waals surface area contributed by atoms with Crippen molar-refractivity contribution in [3.8, 4) is 0 Å². The Balaban J connectivity index is 2.29. The molecule has 2 rings (SSSR count). The molecule has 5 heteroatoms. The number of anilines is 2. The number of amides is 1. The van der Waals surface area contributed by atoms with Crippen molar-refractivity contribution in [2.75, 3.05) is 17.7 Å². The molecule has 0 spiro atoms. The number of aromatic nitrogens is 2. The van der Waals surface area contributed by atoms with Crippen molar-refractivity contribution in [2.45, 2.75) is 19.9 Å². The molecule has 0 fully saturated rings. The lowest BCUT2D eigenvalue weighted by Crippen LogP contribution is -2.27. The normalized spacial score (nSPS) is 10.7. The van der Waals surface area contributed by atoms with Gasteiger partial charge in [0.05, 0.1) is 5.69 Å². The average molecular weight is 258 g/mol. The lowest BCUT2D eigenvalue weighted by molar-refractivity contribution is 0.0988. The SMILES string of the molecule is CC(C)n1cc(N)c(C(=O)N(C)c2ccccc2)n1. The summed E-state index contributed by atoms with van der Waals surface area (Å²) >= 11 is 0. The predicted molar refractivity (Wildman–Crippen MR) is 76.2 cm³/mol. The molecule has 0 unspecified atom stereocenters. The number of rotatable bonds is 3. The second-order valence-electron chi connectivity index (χ2n) is 4.71. The van der Waals surface area contributed by atoms with E-state index in [9.17, 15) is 4.79 Å². The van der Waals surface area contributed by atoms with E-state index in [-0.39, 0.29) is 11.9 Å². The van der Waals surface area contributed by atoms with E-state index in [4.69, 9.17) is 5.73 Å². The lowest BCUT2D eigenvalue weighted by Gasteiger charge is -2.16. The van der Waals surface area contributed by atoms with Gasteiger partial charge in [-0.2, -0.15) is 5.10 Å². The molecule has 5 nitrogen and oxygen atoms in total. The number of nitrogens with zero attached hydrogens (tertiary/aromatic N) is 3. The number of para-hydroxylation sites is 1. The van der Waals surface area contributed by atoms with Crippen molar-refractivity contribution in [3.05, 3.63) is 42.2 Å². The van der Waals surface area contributed by atoms with Crippen LogP contribution in [0.4, 0.5) is 11.4 Å². The van der Waals surface area contributed by atoms with Crippen LogP contribution in [0.15, 0.2) is 36.5 Å². The third-order valence-electron chi connectivity index (χ3n) is 2.94. The topological polar surface area (TPSA) is 64.2 Å². The standard InChI is InChI=1S/C14H18N4O/c1-10(2)18-9-12(15)13(16-18)14(19)17(3)11-7-5-4-6-8-11/h4-10H,15H2,1-3H3. The zero-order valence-electron chi connectivity index (χ0n) is 11.4. The van der Waals surface area contributed by atoms with E-state index in [1.165, 1.54) is 0 Å². The monoisotopic (exact) mass is 258 g/mol. The van der Waals surface area contributed by atoms with Crippen LogP contribution in [0.1, 0.15) is 30.4 Å². The number of carbonyl (C=O) groups excluding carboxylic acids is 1. The Hall–Kier alpha value is -2.30. The van der Waals surface area contributed by atoms with Gasteiger partial charge >= 0.3 is 0 Å². The minimum absolute atomic E-state index is 0.172. The van der Waals surface area contributed by atoms with Gasteiger partial charge in [-0.1, -0.05) is 18.2 Å². The van der Waals surface area contributed by atoms with E-state index in [0.717, 1.165) is 5.69 Å². The molecule has 0 atom stereocenters. The molecule has 0 bridgehead atoms. The molecule has 2 aromatic rings. The van der Waals surface area contributed by atoms with Crippen molar-refractivity contribution in [1.82, 2.24) is 9.78 Å². The van der Waals surface area contributed by atoms with Gasteiger partial charge in [-0.05, 0) is 26.0 Å². The first kappa shape index (κ1) is 13.1. The smallest absolute Gasteiger partial charge is 0.280 e. The van der Waals surface area contributed by atoms with Crippen LogP contribution in [0.2, 0.25) is 0 Å². The molecular formula is C14H18N4O. The molecule has 0 aliphatic heterocycles. The number of carbonyl (C=O) groups is 1. The molecule has 2 N–H and O–H groups in total. The van der Waals surface area contributed by atoms with Crippen LogP contribution in [-0.4, -0.2) is 22.7 Å². The molecule has 1 aromatic heterocycles. The van der Waals surface area contributed by atoms with Gasteiger partial charge in [0.2, 0.25) is 0 Å². The molecule has 0 aliphatic carbocycles.